The van der Waals surface area contributed by atoms with Crippen molar-refractivity contribution in [3.63, 3.8) is 0 Å². The minimum Gasteiger partial charge on any atom is -0.497 e. The van der Waals surface area contributed by atoms with Crippen LogP contribution in [-0.4, -0.2) is 31.4 Å². The molecule has 1 N–H and O–H groups in total. The standard InChI is InChI=1S/C18H20O5/c1-12-4-6-14(7-5-12)23-17(18(19)20)11-13-10-15(21-2)8-9-16(13)22-3/h4-10,17H,11H2,1-3H3,(H,19,20)/t17-/m1/s1. The monoisotopic (exact) mass is 316 g/mol. The molecule has 2 aromatic rings. The summed E-state index contributed by atoms with van der Waals surface area (Å²) in [5.74, 6) is 0.727. The molecule has 0 saturated heterocycles. The second-order valence-electron chi connectivity index (χ2n) is 5.14. The van der Waals surface area contributed by atoms with Gasteiger partial charge in [0.1, 0.15) is 17.2 Å². The Morgan fingerprint density at radius 1 is 1.04 bits per heavy atom. The van der Waals surface area contributed by atoms with Crippen LogP contribution in [0.15, 0.2) is 42.5 Å². The van der Waals surface area contributed by atoms with Crippen LogP contribution in [0.25, 0.3) is 0 Å². The van der Waals surface area contributed by atoms with Gasteiger partial charge in [0.15, 0.2) is 6.10 Å². The molecule has 5 heteroatoms. The fourth-order valence-electron chi connectivity index (χ4n) is 2.20. The van der Waals surface area contributed by atoms with E-state index in [9.17, 15) is 9.90 Å². The Morgan fingerprint density at radius 3 is 2.26 bits per heavy atom. The summed E-state index contributed by atoms with van der Waals surface area (Å²) in [7, 11) is 3.10. The van der Waals surface area contributed by atoms with Crippen LogP contribution in [0.5, 0.6) is 17.2 Å². The maximum atomic E-state index is 11.5. The Balaban J connectivity index is 2.22. The zero-order valence-electron chi connectivity index (χ0n) is 13.4. The van der Waals surface area contributed by atoms with E-state index >= 15 is 0 Å². The van der Waals surface area contributed by atoms with Crippen molar-refractivity contribution in [2.45, 2.75) is 19.4 Å². The van der Waals surface area contributed by atoms with Crippen molar-refractivity contribution >= 4 is 5.97 Å². The van der Waals surface area contributed by atoms with Crippen LogP contribution in [0.1, 0.15) is 11.1 Å². The molecule has 0 unspecified atom stereocenters. The zero-order chi connectivity index (χ0) is 16.8. The minimum atomic E-state index is -1.03. The van der Waals surface area contributed by atoms with Crippen LogP contribution in [-0.2, 0) is 11.2 Å². The number of rotatable bonds is 7. The van der Waals surface area contributed by atoms with E-state index in [1.807, 2.05) is 19.1 Å². The number of carboxylic acid groups (broad SMARTS) is 1. The van der Waals surface area contributed by atoms with Crippen molar-refractivity contribution in [2.24, 2.45) is 0 Å². The summed E-state index contributed by atoms with van der Waals surface area (Å²) in [5, 5.41) is 9.44. The predicted octanol–water partition coefficient (Wildman–Crippen LogP) is 3.09. The molecular weight excluding hydrogens is 296 g/mol. The molecule has 23 heavy (non-hydrogen) atoms. The summed E-state index contributed by atoms with van der Waals surface area (Å²) in [4.78, 5) is 11.5. The van der Waals surface area contributed by atoms with Gasteiger partial charge < -0.3 is 19.3 Å². The zero-order valence-corrected chi connectivity index (χ0v) is 13.4. The average molecular weight is 316 g/mol. The second-order valence-corrected chi connectivity index (χ2v) is 5.14. The normalized spacial score (nSPS) is 11.6. The molecule has 0 aliphatic carbocycles. The molecule has 2 aromatic carbocycles. The van der Waals surface area contributed by atoms with Gasteiger partial charge in [0.05, 0.1) is 14.2 Å². The SMILES string of the molecule is COc1ccc(OC)c(C[C@@H](Oc2ccc(C)cc2)C(=O)O)c1. The van der Waals surface area contributed by atoms with Gasteiger partial charge in [-0.2, -0.15) is 0 Å². The summed E-state index contributed by atoms with van der Waals surface area (Å²) in [6.07, 6.45) is -0.845. The molecule has 5 nitrogen and oxygen atoms in total. The molecule has 0 amide bonds. The quantitative estimate of drug-likeness (QED) is 0.850. The van der Waals surface area contributed by atoms with E-state index in [4.69, 9.17) is 14.2 Å². The van der Waals surface area contributed by atoms with Crippen molar-refractivity contribution in [3.8, 4) is 17.2 Å². The number of hydrogen-bond acceptors (Lipinski definition) is 4. The molecule has 0 aliphatic heterocycles. The number of hydrogen-bond donors (Lipinski definition) is 1. The molecule has 0 saturated carbocycles. The van der Waals surface area contributed by atoms with E-state index in [1.165, 1.54) is 0 Å². The summed E-state index contributed by atoms with van der Waals surface area (Å²) in [6.45, 7) is 1.96. The van der Waals surface area contributed by atoms with Gasteiger partial charge in [-0.25, -0.2) is 4.79 Å². The first-order chi connectivity index (χ1) is 11.0. The van der Waals surface area contributed by atoms with Crippen LogP contribution in [0, 0.1) is 6.92 Å². The number of ether oxygens (including phenoxy) is 3. The lowest BCUT2D eigenvalue weighted by atomic mass is 10.1. The van der Waals surface area contributed by atoms with Gasteiger partial charge in [-0.1, -0.05) is 17.7 Å². The van der Waals surface area contributed by atoms with E-state index in [2.05, 4.69) is 0 Å². The van der Waals surface area contributed by atoms with Crippen LogP contribution >= 0.6 is 0 Å². The highest BCUT2D eigenvalue weighted by Crippen LogP contribution is 2.26. The number of aliphatic carboxylic acids is 1. The Labute approximate surface area is 135 Å². The van der Waals surface area contributed by atoms with Gasteiger partial charge in [0.25, 0.3) is 0 Å². The average Bonchev–Trinajstić information content (AvgIpc) is 2.56. The molecule has 0 spiro atoms. The van der Waals surface area contributed by atoms with E-state index in [-0.39, 0.29) is 6.42 Å². The summed E-state index contributed by atoms with van der Waals surface area (Å²) in [6, 6.07) is 12.5. The Kier molecular flexibility index (Phi) is 5.46. The van der Waals surface area contributed by atoms with Crippen LogP contribution in [0.4, 0.5) is 0 Å². The maximum absolute atomic E-state index is 11.5. The molecule has 0 heterocycles. The topological polar surface area (TPSA) is 65.0 Å². The van der Waals surface area contributed by atoms with Crippen molar-refractivity contribution in [1.82, 2.24) is 0 Å². The third kappa shape index (κ3) is 4.39. The van der Waals surface area contributed by atoms with E-state index in [0.717, 1.165) is 5.56 Å². The number of carboxylic acids is 1. The molecule has 0 radical (unpaired) electrons. The first-order valence-corrected chi connectivity index (χ1v) is 7.20. The van der Waals surface area contributed by atoms with Crippen molar-refractivity contribution in [2.75, 3.05) is 14.2 Å². The van der Waals surface area contributed by atoms with Gasteiger partial charge in [0.2, 0.25) is 0 Å². The molecule has 1 atom stereocenters. The first kappa shape index (κ1) is 16.7. The maximum Gasteiger partial charge on any atom is 0.345 e. The van der Waals surface area contributed by atoms with Gasteiger partial charge in [-0.15, -0.1) is 0 Å². The minimum absolute atomic E-state index is 0.170. The molecule has 0 aliphatic rings. The Morgan fingerprint density at radius 2 is 1.70 bits per heavy atom. The van der Waals surface area contributed by atoms with E-state index < -0.39 is 12.1 Å². The number of aryl methyl sites for hydroxylation is 1. The van der Waals surface area contributed by atoms with Crippen molar-refractivity contribution in [3.05, 3.63) is 53.6 Å². The van der Waals surface area contributed by atoms with Gasteiger partial charge in [-0.3, -0.25) is 0 Å². The summed E-state index contributed by atoms with van der Waals surface area (Å²) < 4.78 is 16.1. The molecule has 2 rings (SSSR count). The highest BCUT2D eigenvalue weighted by atomic mass is 16.5. The van der Waals surface area contributed by atoms with Crippen LogP contribution in [0.2, 0.25) is 0 Å². The van der Waals surface area contributed by atoms with Gasteiger partial charge >= 0.3 is 5.97 Å². The fourth-order valence-corrected chi connectivity index (χ4v) is 2.20. The highest BCUT2D eigenvalue weighted by molar-refractivity contribution is 5.73. The number of benzene rings is 2. The number of methoxy groups -OCH3 is 2. The molecule has 0 bridgehead atoms. The molecule has 0 fully saturated rings. The first-order valence-electron chi connectivity index (χ1n) is 7.20. The third-order valence-corrected chi connectivity index (χ3v) is 3.47. The summed E-state index contributed by atoms with van der Waals surface area (Å²) >= 11 is 0. The van der Waals surface area contributed by atoms with E-state index in [1.54, 1.807) is 44.6 Å². The smallest absolute Gasteiger partial charge is 0.345 e. The highest BCUT2D eigenvalue weighted by Gasteiger charge is 2.22. The lowest BCUT2D eigenvalue weighted by molar-refractivity contribution is -0.145. The van der Waals surface area contributed by atoms with Gasteiger partial charge in [0, 0.05) is 12.0 Å². The van der Waals surface area contributed by atoms with Crippen LogP contribution < -0.4 is 14.2 Å². The summed E-state index contributed by atoms with van der Waals surface area (Å²) in [5.41, 5.74) is 1.80. The molecule has 122 valence electrons. The molecular formula is C18H20O5. The largest absolute Gasteiger partial charge is 0.497 e. The van der Waals surface area contributed by atoms with E-state index in [0.29, 0.717) is 22.8 Å². The Bertz CT molecular complexity index is 664. The second kappa shape index (κ2) is 7.54. The fraction of sp³-hybridized carbons (Fsp3) is 0.278. The third-order valence-electron chi connectivity index (χ3n) is 3.47. The lowest BCUT2D eigenvalue weighted by Crippen LogP contribution is -2.29. The van der Waals surface area contributed by atoms with Gasteiger partial charge in [-0.05, 0) is 37.3 Å². The lowest BCUT2D eigenvalue weighted by Gasteiger charge is -2.17. The Hall–Kier alpha value is -2.69. The molecule has 0 aromatic heterocycles. The van der Waals surface area contributed by atoms with Crippen molar-refractivity contribution < 1.29 is 24.1 Å². The van der Waals surface area contributed by atoms with Crippen LogP contribution in [0.3, 0.4) is 0 Å². The number of carbonyl (C=O) groups is 1. The predicted molar refractivity (Wildman–Crippen MR) is 86.5 cm³/mol. The van der Waals surface area contributed by atoms with Crippen molar-refractivity contribution in [1.29, 1.82) is 0 Å².